The molecule has 0 aromatic carbocycles. The molecule has 2 fully saturated rings. The summed E-state index contributed by atoms with van der Waals surface area (Å²) in [5.41, 5.74) is 5.19. The molecular formula is C37H52N8O4Si. The van der Waals surface area contributed by atoms with Crippen LogP contribution in [0.2, 0.25) is 25.7 Å². The lowest BCUT2D eigenvalue weighted by molar-refractivity contribution is 0.00567. The number of fused-ring (bicyclic) bond motifs is 3. The predicted octanol–water partition coefficient (Wildman–Crippen LogP) is 7.57. The van der Waals surface area contributed by atoms with E-state index in [0.717, 1.165) is 71.3 Å². The van der Waals surface area contributed by atoms with Crippen LogP contribution in [-0.4, -0.2) is 86.1 Å². The average molecular weight is 701 g/mol. The summed E-state index contributed by atoms with van der Waals surface area (Å²) in [5.74, 6) is 1.31. The highest BCUT2D eigenvalue weighted by Crippen LogP contribution is 2.46. The summed E-state index contributed by atoms with van der Waals surface area (Å²) in [6, 6.07) is 7.15. The lowest BCUT2D eigenvalue weighted by Gasteiger charge is -2.40. The van der Waals surface area contributed by atoms with Crippen LogP contribution in [0.25, 0.3) is 33.9 Å². The number of rotatable bonds is 12. The summed E-state index contributed by atoms with van der Waals surface area (Å²) in [5, 5.41) is 12.9. The number of ether oxygens (including phenoxy) is 3. The van der Waals surface area contributed by atoms with Gasteiger partial charge >= 0.3 is 6.09 Å². The molecule has 1 amide bonds. The molecule has 4 aromatic rings. The fourth-order valence-corrected chi connectivity index (χ4v) is 7.79. The lowest BCUT2D eigenvalue weighted by Crippen LogP contribution is -2.48. The van der Waals surface area contributed by atoms with Crippen molar-refractivity contribution in [2.45, 2.75) is 103 Å². The second-order valence-corrected chi connectivity index (χ2v) is 21.3. The van der Waals surface area contributed by atoms with Crippen LogP contribution in [-0.2, 0) is 21.3 Å². The van der Waals surface area contributed by atoms with E-state index in [1.54, 1.807) is 4.68 Å². The van der Waals surface area contributed by atoms with E-state index < -0.39 is 13.7 Å². The number of aromatic nitrogens is 6. The topological polar surface area (TPSA) is 121 Å². The van der Waals surface area contributed by atoms with Gasteiger partial charge in [0, 0.05) is 63.3 Å². The molecule has 13 heteroatoms. The van der Waals surface area contributed by atoms with Crippen molar-refractivity contribution < 1.29 is 19.0 Å². The molecule has 3 atom stereocenters. The average Bonchev–Trinajstić information content (AvgIpc) is 3.74. The Kier molecular flexibility index (Phi) is 10.1. The van der Waals surface area contributed by atoms with Crippen LogP contribution in [0.3, 0.4) is 0 Å². The smallest absolute Gasteiger partial charge is 0.410 e. The summed E-state index contributed by atoms with van der Waals surface area (Å²) < 4.78 is 21.7. The molecule has 2 aliphatic rings. The van der Waals surface area contributed by atoms with Crippen LogP contribution in [0.4, 0.5) is 10.6 Å². The van der Waals surface area contributed by atoms with Gasteiger partial charge in [0.05, 0.1) is 29.8 Å². The molecule has 12 nitrogen and oxygen atoms in total. The molecule has 2 bridgehead atoms. The second kappa shape index (κ2) is 14.2. The summed E-state index contributed by atoms with van der Waals surface area (Å²) in [7, 11) is 0.636. The van der Waals surface area contributed by atoms with Gasteiger partial charge in [0.2, 0.25) is 0 Å². The van der Waals surface area contributed by atoms with Gasteiger partial charge in [-0.25, -0.2) is 9.78 Å². The van der Waals surface area contributed by atoms with Crippen LogP contribution in [0.15, 0.2) is 43.4 Å². The van der Waals surface area contributed by atoms with Gasteiger partial charge in [0.1, 0.15) is 29.6 Å². The van der Waals surface area contributed by atoms with Gasteiger partial charge < -0.3 is 24.4 Å². The predicted molar refractivity (Wildman–Crippen MR) is 199 cm³/mol. The first-order valence-corrected chi connectivity index (χ1v) is 21.5. The van der Waals surface area contributed by atoms with E-state index in [9.17, 15) is 4.79 Å². The van der Waals surface area contributed by atoms with E-state index in [2.05, 4.69) is 36.6 Å². The van der Waals surface area contributed by atoms with E-state index >= 15 is 0 Å². The SMILES string of the molecule is C=C(OCC)c1c(C2C[C@H]3CC[C@@H](C2)N3C(=O)OC(C)(C)C)nc2c(-c3ccc(-c4ccn(C)n4)nc3)cnn2c1NCOCC[Si](C)(C)C. The molecular weight excluding hydrogens is 649 g/mol. The number of hydrogen-bond donors (Lipinski definition) is 1. The van der Waals surface area contributed by atoms with Gasteiger partial charge in [0.15, 0.2) is 5.65 Å². The zero-order valence-electron chi connectivity index (χ0n) is 30.8. The third-order valence-corrected chi connectivity index (χ3v) is 11.1. The zero-order chi connectivity index (χ0) is 35.8. The Morgan fingerprint density at radius 3 is 2.42 bits per heavy atom. The van der Waals surface area contributed by atoms with Crippen LogP contribution >= 0.6 is 0 Å². The summed E-state index contributed by atoms with van der Waals surface area (Å²) in [6.07, 6.45) is 8.76. The first kappa shape index (κ1) is 35.6. The molecule has 2 aliphatic heterocycles. The number of amides is 1. The van der Waals surface area contributed by atoms with E-state index in [-0.39, 0.29) is 24.1 Å². The number of nitrogens with one attached hydrogen (secondary N) is 1. The van der Waals surface area contributed by atoms with Crippen molar-refractivity contribution >= 4 is 31.4 Å². The first-order chi connectivity index (χ1) is 23.7. The quantitative estimate of drug-likeness (QED) is 0.0691. The van der Waals surface area contributed by atoms with Gasteiger partial charge in [-0.2, -0.15) is 14.7 Å². The third-order valence-electron chi connectivity index (χ3n) is 9.39. The molecule has 1 N–H and O–H groups in total. The number of carbonyl (C=O) groups is 1. The normalized spacial score (nSPS) is 19.2. The molecule has 0 saturated carbocycles. The highest BCUT2D eigenvalue weighted by Gasteiger charge is 2.46. The number of aryl methyl sites for hydroxylation is 1. The number of anilines is 1. The summed E-state index contributed by atoms with van der Waals surface area (Å²) in [4.78, 5) is 25.4. The third kappa shape index (κ3) is 7.73. The number of pyridine rings is 1. The minimum atomic E-state index is -1.26. The van der Waals surface area contributed by atoms with Crippen molar-refractivity contribution in [1.29, 1.82) is 0 Å². The molecule has 268 valence electrons. The Morgan fingerprint density at radius 1 is 1.08 bits per heavy atom. The monoisotopic (exact) mass is 700 g/mol. The van der Waals surface area contributed by atoms with E-state index in [4.69, 9.17) is 29.3 Å². The molecule has 4 aromatic heterocycles. The highest BCUT2D eigenvalue weighted by atomic mass is 28.3. The van der Waals surface area contributed by atoms with Crippen molar-refractivity contribution in [3.05, 3.63) is 54.6 Å². The van der Waals surface area contributed by atoms with Gasteiger partial charge in [-0.05, 0) is 71.6 Å². The maximum absolute atomic E-state index is 13.3. The first-order valence-electron chi connectivity index (χ1n) is 17.8. The molecule has 50 heavy (non-hydrogen) atoms. The molecule has 1 unspecified atom stereocenters. The van der Waals surface area contributed by atoms with Crippen molar-refractivity contribution in [2.75, 3.05) is 25.3 Å². The van der Waals surface area contributed by atoms with Crippen molar-refractivity contribution in [3.63, 3.8) is 0 Å². The Hall–Kier alpha value is -4.23. The Balaban J connectivity index is 1.41. The minimum absolute atomic E-state index is 0.0594. The highest BCUT2D eigenvalue weighted by molar-refractivity contribution is 6.76. The van der Waals surface area contributed by atoms with E-state index in [1.165, 1.54) is 0 Å². The molecule has 2 saturated heterocycles. The molecule has 0 aliphatic carbocycles. The van der Waals surface area contributed by atoms with Crippen LogP contribution in [0, 0.1) is 0 Å². The minimum Gasteiger partial charge on any atom is -0.494 e. The fraction of sp³-hybridized carbons (Fsp3) is 0.541. The molecule has 0 spiro atoms. The summed E-state index contributed by atoms with van der Waals surface area (Å²) in [6.45, 7) is 20.5. The number of carbonyl (C=O) groups excluding carboxylic acids is 1. The van der Waals surface area contributed by atoms with Crippen LogP contribution in [0.1, 0.15) is 70.6 Å². The van der Waals surface area contributed by atoms with Crippen LogP contribution < -0.4 is 5.32 Å². The summed E-state index contributed by atoms with van der Waals surface area (Å²) >= 11 is 0. The fourth-order valence-electron chi connectivity index (χ4n) is 7.03. The maximum Gasteiger partial charge on any atom is 0.410 e. The number of hydrogen-bond acceptors (Lipinski definition) is 9. The number of piperidine rings is 1. The van der Waals surface area contributed by atoms with E-state index in [1.807, 2.05) is 80.9 Å². The zero-order valence-corrected chi connectivity index (χ0v) is 31.8. The largest absolute Gasteiger partial charge is 0.494 e. The molecule has 0 radical (unpaired) electrons. The van der Waals surface area contributed by atoms with Gasteiger partial charge in [0.25, 0.3) is 0 Å². The van der Waals surface area contributed by atoms with Crippen molar-refractivity contribution in [3.8, 4) is 22.5 Å². The van der Waals surface area contributed by atoms with Crippen molar-refractivity contribution in [2.24, 2.45) is 7.05 Å². The Morgan fingerprint density at radius 2 is 1.82 bits per heavy atom. The molecule has 6 heterocycles. The standard InChI is InChI=1S/C37H52N8O4Si/c1-10-48-24(2)32-33(26-19-27-12-13-28(20-26)44(27)36(46)49-37(3,4)5)41-34-29(25-11-14-30(38-21-25)31-15-16-43(6)42-31)22-40-45(34)35(32)39-23-47-17-18-50(7,8)9/h11,14-16,21-22,26-28,39H,2,10,12-13,17-20,23H2,1,3-9H3/t26?,27-,28+. The van der Waals surface area contributed by atoms with Gasteiger partial charge in [-0.15, -0.1) is 0 Å². The molecule has 6 rings (SSSR count). The van der Waals surface area contributed by atoms with Gasteiger partial charge in [-0.1, -0.05) is 32.3 Å². The number of nitrogens with zero attached hydrogens (tertiary/aromatic N) is 7. The maximum atomic E-state index is 13.3. The van der Waals surface area contributed by atoms with Crippen molar-refractivity contribution in [1.82, 2.24) is 34.3 Å². The lowest BCUT2D eigenvalue weighted by atomic mass is 9.85. The Labute approximate surface area is 296 Å². The Bertz CT molecular complexity index is 1820. The second-order valence-electron chi connectivity index (χ2n) is 15.7. The van der Waals surface area contributed by atoms with Crippen LogP contribution in [0.5, 0.6) is 0 Å². The van der Waals surface area contributed by atoms with Gasteiger partial charge in [-0.3, -0.25) is 9.67 Å². The van der Waals surface area contributed by atoms with E-state index in [0.29, 0.717) is 31.4 Å².